The molecule has 3 rings (SSSR count). The summed E-state index contributed by atoms with van der Waals surface area (Å²) in [6.45, 7) is 1.65. The Morgan fingerprint density at radius 1 is 1.14 bits per heavy atom. The number of ether oxygens (including phenoxy) is 1. The van der Waals surface area contributed by atoms with Crippen molar-refractivity contribution in [2.45, 2.75) is 12.7 Å². The van der Waals surface area contributed by atoms with Gasteiger partial charge in [0.05, 0.1) is 17.5 Å². The highest BCUT2D eigenvalue weighted by molar-refractivity contribution is 5.67. The molecule has 0 aliphatic carbocycles. The van der Waals surface area contributed by atoms with Gasteiger partial charge < -0.3 is 10.5 Å². The Balaban J connectivity index is 1.95. The van der Waals surface area contributed by atoms with Crippen molar-refractivity contribution in [3.05, 3.63) is 66.0 Å². The van der Waals surface area contributed by atoms with Gasteiger partial charge in [-0.15, -0.1) is 0 Å². The molecule has 0 bridgehead atoms. The van der Waals surface area contributed by atoms with Gasteiger partial charge in [-0.25, -0.2) is 0 Å². The lowest BCUT2D eigenvalue weighted by Gasteiger charge is -2.17. The number of para-hydroxylation sites is 1. The molecular formula is C20H21F3N4O. The lowest BCUT2D eigenvalue weighted by molar-refractivity contribution is -0.138. The monoisotopic (exact) mass is 390 g/mol. The molecule has 3 N–H and O–H groups in total. The third kappa shape index (κ3) is 4.71. The van der Waals surface area contributed by atoms with E-state index < -0.39 is 11.7 Å². The summed E-state index contributed by atoms with van der Waals surface area (Å²) in [4.78, 5) is 1.97. The Labute approximate surface area is 160 Å². The van der Waals surface area contributed by atoms with Crippen LogP contribution in [-0.2, 0) is 12.7 Å². The number of halogens is 3. The topological polar surface area (TPSA) is 67.2 Å². The average Bonchev–Trinajstić information content (AvgIpc) is 3.10. The highest BCUT2D eigenvalue weighted by Gasteiger charge is 2.35. The number of H-pyrrole nitrogens is 1. The zero-order valence-corrected chi connectivity index (χ0v) is 15.3. The number of alkyl halides is 3. The molecule has 0 saturated carbocycles. The molecule has 0 spiro atoms. The van der Waals surface area contributed by atoms with Crippen molar-refractivity contribution in [1.82, 2.24) is 15.1 Å². The summed E-state index contributed by atoms with van der Waals surface area (Å²) in [6.07, 6.45) is -3.03. The molecule has 0 amide bonds. The standard InChI is InChI=1S/C20H21F3N4O/c1-27(10-9-24)13-18-16(12-25-26-18)14-7-8-19(17(11-14)20(21,22)23)28-15-5-3-2-4-6-15/h2-8,11-12H,9-10,13,24H2,1H3,(H,25,26). The molecule has 0 radical (unpaired) electrons. The van der Waals surface area contributed by atoms with E-state index in [9.17, 15) is 13.2 Å². The van der Waals surface area contributed by atoms with Crippen LogP contribution in [0.25, 0.3) is 11.1 Å². The van der Waals surface area contributed by atoms with Crippen LogP contribution in [0.1, 0.15) is 11.3 Å². The average molecular weight is 390 g/mol. The Morgan fingerprint density at radius 2 is 1.89 bits per heavy atom. The van der Waals surface area contributed by atoms with Gasteiger partial charge >= 0.3 is 6.18 Å². The molecule has 0 fully saturated rings. The summed E-state index contributed by atoms with van der Waals surface area (Å²) in [7, 11) is 1.88. The molecule has 0 unspecified atom stereocenters. The summed E-state index contributed by atoms with van der Waals surface area (Å²) >= 11 is 0. The van der Waals surface area contributed by atoms with Crippen LogP contribution in [0.3, 0.4) is 0 Å². The van der Waals surface area contributed by atoms with E-state index in [0.717, 1.165) is 11.8 Å². The minimum Gasteiger partial charge on any atom is -0.457 e. The molecule has 0 aliphatic heterocycles. The van der Waals surface area contributed by atoms with Crippen LogP contribution in [0, 0.1) is 0 Å². The highest BCUT2D eigenvalue weighted by atomic mass is 19.4. The van der Waals surface area contributed by atoms with Gasteiger partial charge in [-0.3, -0.25) is 10.00 Å². The summed E-state index contributed by atoms with van der Waals surface area (Å²) in [5.74, 6) is 0.0981. The quantitative estimate of drug-likeness (QED) is 0.632. The fraction of sp³-hybridized carbons (Fsp3) is 0.250. The second kappa shape index (κ2) is 8.45. The van der Waals surface area contributed by atoms with Crippen molar-refractivity contribution in [3.8, 4) is 22.6 Å². The smallest absolute Gasteiger partial charge is 0.420 e. The van der Waals surface area contributed by atoms with Crippen molar-refractivity contribution in [2.24, 2.45) is 5.73 Å². The second-order valence-corrected chi connectivity index (χ2v) is 6.41. The maximum atomic E-state index is 13.7. The number of nitrogens with one attached hydrogen (secondary N) is 1. The zero-order valence-electron chi connectivity index (χ0n) is 15.3. The number of benzene rings is 2. The summed E-state index contributed by atoms with van der Waals surface area (Å²) < 4.78 is 46.4. The molecule has 2 aromatic carbocycles. The van der Waals surface area contributed by atoms with Crippen molar-refractivity contribution in [3.63, 3.8) is 0 Å². The molecule has 0 aliphatic rings. The van der Waals surface area contributed by atoms with E-state index in [-0.39, 0.29) is 5.75 Å². The van der Waals surface area contributed by atoms with E-state index in [4.69, 9.17) is 10.5 Å². The largest absolute Gasteiger partial charge is 0.457 e. The molecule has 0 atom stereocenters. The molecular weight excluding hydrogens is 369 g/mol. The van der Waals surface area contributed by atoms with Crippen molar-refractivity contribution >= 4 is 0 Å². The van der Waals surface area contributed by atoms with Crippen LogP contribution in [-0.4, -0.2) is 35.2 Å². The first-order valence-corrected chi connectivity index (χ1v) is 8.74. The van der Waals surface area contributed by atoms with E-state index in [1.54, 1.807) is 36.4 Å². The maximum Gasteiger partial charge on any atom is 0.420 e. The number of nitrogens with two attached hydrogens (primary N) is 1. The highest BCUT2D eigenvalue weighted by Crippen LogP contribution is 2.40. The van der Waals surface area contributed by atoms with E-state index in [2.05, 4.69) is 10.2 Å². The van der Waals surface area contributed by atoms with Crippen molar-refractivity contribution < 1.29 is 17.9 Å². The summed E-state index contributed by atoms with van der Waals surface area (Å²) in [5, 5.41) is 6.86. The number of hydrogen-bond donors (Lipinski definition) is 2. The molecule has 3 aromatic rings. The van der Waals surface area contributed by atoms with E-state index in [1.165, 1.54) is 12.3 Å². The first kappa shape index (κ1) is 19.9. The summed E-state index contributed by atoms with van der Waals surface area (Å²) in [6, 6.07) is 12.4. The lowest BCUT2D eigenvalue weighted by atomic mass is 10.0. The third-order valence-electron chi connectivity index (χ3n) is 4.22. The van der Waals surface area contributed by atoms with Gasteiger partial charge in [-0.1, -0.05) is 24.3 Å². The van der Waals surface area contributed by atoms with Crippen LogP contribution in [0.4, 0.5) is 13.2 Å². The van der Waals surface area contributed by atoms with Crippen molar-refractivity contribution in [1.29, 1.82) is 0 Å². The number of aromatic nitrogens is 2. The Hall–Kier alpha value is -2.84. The minimum absolute atomic E-state index is 0.243. The van der Waals surface area contributed by atoms with Crippen LogP contribution in [0.15, 0.2) is 54.7 Å². The van der Waals surface area contributed by atoms with E-state index in [1.807, 2.05) is 11.9 Å². The summed E-state index contributed by atoms with van der Waals surface area (Å²) in [5.41, 5.74) is 6.46. The first-order valence-electron chi connectivity index (χ1n) is 8.74. The third-order valence-corrected chi connectivity index (χ3v) is 4.22. The molecule has 1 aromatic heterocycles. The van der Waals surface area contributed by atoms with Gasteiger partial charge in [-0.2, -0.15) is 18.3 Å². The molecule has 28 heavy (non-hydrogen) atoms. The van der Waals surface area contributed by atoms with Gasteiger partial charge in [0.25, 0.3) is 0 Å². The number of nitrogens with zero attached hydrogens (tertiary/aromatic N) is 2. The minimum atomic E-state index is -4.56. The van der Waals surface area contributed by atoms with Gasteiger partial charge in [0.1, 0.15) is 11.5 Å². The van der Waals surface area contributed by atoms with Crippen LogP contribution in [0.5, 0.6) is 11.5 Å². The molecule has 5 nitrogen and oxygen atoms in total. The number of likely N-dealkylation sites (N-methyl/N-ethyl adjacent to an activating group) is 1. The van der Waals surface area contributed by atoms with Gasteiger partial charge in [-0.05, 0) is 36.9 Å². The Kier molecular flexibility index (Phi) is 6.01. The molecule has 0 saturated heterocycles. The fourth-order valence-corrected chi connectivity index (χ4v) is 2.88. The number of hydrogen-bond acceptors (Lipinski definition) is 4. The normalized spacial score (nSPS) is 11.8. The van der Waals surface area contributed by atoms with E-state index in [0.29, 0.717) is 36.5 Å². The molecule has 148 valence electrons. The first-order chi connectivity index (χ1) is 13.4. The Bertz CT molecular complexity index is 909. The SMILES string of the molecule is CN(CCN)Cc1[nH]ncc1-c1ccc(Oc2ccccc2)c(C(F)(F)F)c1. The molecule has 8 heteroatoms. The van der Waals surface area contributed by atoms with Gasteiger partial charge in [0.15, 0.2) is 0 Å². The molecule has 1 heterocycles. The van der Waals surface area contributed by atoms with Crippen molar-refractivity contribution in [2.75, 3.05) is 20.1 Å². The number of aromatic amines is 1. The van der Waals surface area contributed by atoms with Gasteiger partial charge in [0.2, 0.25) is 0 Å². The zero-order chi connectivity index (χ0) is 20.1. The predicted molar refractivity (Wildman–Crippen MR) is 101 cm³/mol. The number of rotatable bonds is 7. The lowest BCUT2D eigenvalue weighted by Crippen LogP contribution is -2.25. The maximum absolute atomic E-state index is 13.7. The van der Waals surface area contributed by atoms with Crippen LogP contribution in [0.2, 0.25) is 0 Å². The van der Waals surface area contributed by atoms with Crippen LogP contribution < -0.4 is 10.5 Å². The van der Waals surface area contributed by atoms with Crippen LogP contribution >= 0.6 is 0 Å². The van der Waals surface area contributed by atoms with Gasteiger partial charge in [0, 0.05) is 25.2 Å². The Morgan fingerprint density at radius 3 is 2.57 bits per heavy atom. The van der Waals surface area contributed by atoms with E-state index >= 15 is 0 Å². The fourth-order valence-electron chi connectivity index (χ4n) is 2.88. The second-order valence-electron chi connectivity index (χ2n) is 6.41. The predicted octanol–water partition coefficient (Wildman–Crippen LogP) is 4.28.